The van der Waals surface area contributed by atoms with Crippen LogP contribution in [-0.2, 0) is 10.0 Å². The molecule has 1 saturated heterocycles. The largest absolute Gasteiger partial charge is 0.423 e. The molecule has 0 saturated carbocycles. The molecule has 1 aliphatic rings. The topological polar surface area (TPSA) is 75.4 Å². The van der Waals surface area contributed by atoms with Gasteiger partial charge in [-0.3, -0.25) is 0 Å². The molecule has 1 aliphatic heterocycles. The van der Waals surface area contributed by atoms with Crippen molar-refractivity contribution < 1.29 is 17.2 Å². The van der Waals surface area contributed by atoms with Crippen molar-refractivity contribution in [2.24, 2.45) is 0 Å². The summed E-state index contributed by atoms with van der Waals surface area (Å²) in [5.74, 6) is -0.360. The van der Waals surface area contributed by atoms with Gasteiger partial charge in [0.1, 0.15) is 11.3 Å². The van der Waals surface area contributed by atoms with Gasteiger partial charge in [-0.1, -0.05) is 0 Å². The summed E-state index contributed by atoms with van der Waals surface area (Å²) in [6.07, 6.45) is 2.52. The number of hydrogen-bond acceptors (Lipinski definition) is 5. The summed E-state index contributed by atoms with van der Waals surface area (Å²) in [6, 6.07) is 4.63. The first kappa shape index (κ1) is 14.3. The lowest BCUT2D eigenvalue weighted by Crippen LogP contribution is -2.44. The maximum absolute atomic E-state index is 13.1. The average molecular weight is 313 g/mol. The van der Waals surface area contributed by atoms with Crippen molar-refractivity contribution in [2.75, 3.05) is 24.2 Å². The average Bonchev–Trinajstić information content (AvgIpc) is 2.80. The molecule has 114 valence electrons. The number of nitrogens with zero attached hydrogens (tertiary/aromatic N) is 2. The zero-order chi connectivity index (χ0) is 15.0. The Balaban J connectivity index is 1.71. The van der Waals surface area contributed by atoms with Crippen molar-refractivity contribution in [3.05, 3.63) is 24.0 Å². The van der Waals surface area contributed by atoms with Crippen molar-refractivity contribution in [3.63, 3.8) is 0 Å². The first-order chi connectivity index (χ1) is 9.90. The third-order valence-electron chi connectivity index (χ3n) is 3.49. The number of nitrogens with one attached hydrogen (secondary N) is 1. The van der Waals surface area contributed by atoms with Crippen LogP contribution in [0.15, 0.2) is 22.6 Å². The highest BCUT2D eigenvalue weighted by Crippen LogP contribution is 2.25. The number of rotatable bonds is 3. The highest BCUT2D eigenvalue weighted by Gasteiger charge is 2.24. The second-order valence-electron chi connectivity index (χ2n) is 5.26. The predicted molar refractivity (Wildman–Crippen MR) is 77.2 cm³/mol. The summed E-state index contributed by atoms with van der Waals surface area (Å²) in [4.78, 5) is 6.27. The molecule has 1 aromatic carbocycles. The van der Waals surface area contributed by atoms with Crippen LogP contribution in [0.1, 0.15) is 12.8 Å². The van der Waals surface area contributed by atoms with E-state index >= 15 is 0 Å². The first-order valence-electron chi connectivity index (χ1n) is 6.69. The fourth-order valence-corrected chi connectivity index (χ4v) is 3.35. The number of hydrogen-bond donors (Lipinski definition) is 1. The summed E-state index contributed by atoms with van der Waals surface area (Å²) in [6.45, 7) is 1.28. The number of oxazole rings is 1. The lowest BCUT2D eigenvalue weighted by atomic mass is 10.1. The van der Waals surface area contributed by atoms with Gasteiger partial charge in [-0.2, -0.15) is 4.98 Å². The zero-order valence-corrected chi connectivity index (χ0v) is 12.4. The van der Waals surface area contributed by atoms with Crippen LogP contribution in [0.25, 0.3) is 11.1 Å². The van der Waals surface area contributed by atoms with Crippen molar-refractivity contribution in [3.8, 4) is 0 Å². The molecule has 3 rings (SSSR count). The summed E-state index contributed by atoms with van der Waals surface area (Å²) in [5.41, 5.74) is 1.03. The standard InChI is InChI=1S/C13H16FN3O3S/c1-21(18,19)16-10-4-6-17(7-5-10)13-15-11-3-2-9(14)8-12(11)20-13/h2-3,8,10,16H,4-7H2,1H3. The van der Waals surface area contributed by atoms with Gasteiger partial charge < -0.3 is 9.32 Å². The molecule has 2 heterocycles. The fraction of sp³-hybridized carbons (Fsp3) is 0.462. The molecule has 0 bridgehead atoms. The van der Waals surface area contributed by atoms with Crippen molar-refractivity contribution in [1.29, 1.82) is 0 Å². The smallest absolute Gasteiger partial charge is 0.298 e. The molecule has 0 unspecified atom stereocenters. The summed E-state index contributed by atoms with van der Waals surface area (Å²) in [7, 11) is -3.18. The molecular formula is C13H16FN3O3S. The molecular weight excluding hydrogens is 297 g/mol. The highest BCUT2D eigenvalue weighted by atomic mass is 32.2. The molecule has 2 aromatic rings. The Labute approximate surface area is 122 Å². The van der Waals surface area contributed by atoms with E-state index in [-0.39, 0.29) is 11.9 Å². The van der Waals surface area contributed by atoms with Crippen molar-refractivity contribution in [2.45, 2.75) is 18.9 Å². The summed E-state index contributed by atoms with van der Waals surface area (Å²) < 4.78 is 43.7. The van der Waals surface area contributed by atoms with Gasteiger partial charge in [0, 0.05) is 25.2 Å². The molecule has 0 aliphatic carbocycles. The van der Waals surface area contributed by atoms with Gasteiger partial charge in [-0.15, -0.1) is 0 Å². The van der Waals surface area contributed by atoms with Gasteiger partial charge in [0.2, 0.25) is 10.0 Å². The minimum absolute atomic E-state index is 0.0573. The Morgan fingerprint density at radius 2 is 2.10 bits per heavy atom. The lowest BCUT2D eigenvalue weighted by molar-refractivity contribution is 0.439. The molecule has 1 aromatic heterocycles. The first-order valence-corrected chi connectivity index (χ1v) is 8.58. The molecule has 6 nitrogen and oxygen atoms in total. The van der Waals surface area contributed by atoms with Crippen LogP contribution in [-0.4, -0.2) is 38.8 Å². The summed E-state index contributed by atoms with van der Waals surface area (Å²) >= 11 is 0. The van der Waals surface area contributed by atoms with E-state index in [4.69, 9.17) is 4.42 Å². The molecule has 1 fully saturated rings. The van der Waals surface area contributed by atoms with Gasteiger partial charge in [0.25, 0.3) is 6.01 Å². The van der Waals surface area contributed by atoms with E-state index in [1.54, 1.807) is 6.07 Å². The molecule has 1 N–H and O–H groups in total. The van der Waals surface area contributed by atoms with E-state index in [0.717, 1.165) is 6.26 Å². The molecule has 0 spiro atoms. The number of benzene rings is 1. The Morgan fingerprint density at radius 1 is 1.38 bits per heavy atom. The number of fused-ring (bicyclic) bond motifs is 1. The van der Waals surface area contributed by atoms with Gasteiger partial charge >= 0.3 is 0 Å². The maximum atomic E-state index is 13.1. The Kier molecular flexibility index (Phi) is 3.58. The van der Waals surface area contributed by atoms with Crippen LogP contribution in [0.2, 0.25) is 0 Å². The van der Waals surface area contributed by atoms with Crippen LogP contribution in [0.3, 0.4) is 0 Å². The van der Waals surface area contributed by atoms with Gasteiger partial charge in [-0.25, -0.2) is 17.5 Å². The third-order valence-corrected chi connectivity index (χ3v) is 4.25. The Morgan fingerprint density at radius 3 is 2.76 bits per heavy atom. The van der Waals surface area contributed by atoms with E-state index in [1.165, 1.54) is 12.1 Å². The van der Waals surface area contributed by atoms with E-state index in [1.807, 2.05) is 4.90 Å². The maximum Gasteiger partial charge on any atom is 0.298 e. The second kappa shape index (κ2) is 5.27. The lowest BCUT2D eigenvalue weighted by Gasteiger charge is -2.30. The number of piperidine rings is 1. The molecule has 0 amide bonds. The van der Waals surface area contributed by atoms with Crippen LogP contribution in [0, 0.1) is 5.82 Å². The Hall–Kier alpha value is -1.67. The number of sulfonamides is 1. The van der Waals surface area contributed by atoms with Crippen LogP contribution < -0.4 is 9.62 Å². The minimum atomic E-state index is -3.18. The normalized spacial score (nSPS) is 17.5. The van der Waals surface area contributed by atoms with E-state index < -0.39 is 10.0 Å². The van der Waals surface area contributed by atoms with Gasteiger partial charge in [0.15, 0.2) is 5.58 Å². The van der Waals surface area contributed by atoms with E-state index in [9.17, 15) is 12.8 Å². The Bertz CT molecular complexity index is 751. The minimum Gasteiger partial charge on any atom is -0.423 e. The number of aromatic nitrogens is 1. The predicted octanol–water partition coefficient (Wildman–Crippen LogP) is 1.48. The molecule has 8 heteroatoms. The molecule has 21 heavy (non-hydrogen) atoms. The number of halogens is 1. The molecule has 0 radical (unpaired) electrons. The van der Waals surface area contributed by atoms with Crippen LogP contribution in [0.5, 0.6) is 0 Å². The van der Waals surface area contributed by atoms with Gasteiger partial charge in [0.05, 0.1) is 6.26 Å². The van der Waals surface area contributed by atoms with E-state index in [2.05, 4.69) is 9.71 Å². The van der Waals surface area contributed by atoms with Crippen LogP contribution >= 0.6 is 0 Å². The quantitative estimate of drug-likeness (QED) is 0.929. The fourth-order valence-electron chi connectivity index (χ4n) is 2.51. The summed E-state index contributed by atoms with van der Waals surface area (Å²) in [5, 5.41) is 0. The zero-order valence-electron chi connectivity index (χ0n) is 11.5. The molecule has 0 atom stereocenters. The second-order valence-corrected chi connectivity index (χ2v) is 7.04. The SMILES string of the molecule is CS(=O)(=O)NC1CCN(c2nc3ccc(F)cc3o2)CC1. The highest BCUT2D eigenvalue weighted by molar-refractivity contribution is 7.88. The number of anilines is 1. The van der Waals surface area contributed by atoms with E-state index in [0.29, 0.717) is 43.0 Å². The monoisotopic (exact) mass is 313 g/mol. The van der Waals surface area contributed by atoms with Crippen LogP contribution in [0.4, 0.5) is 10.4 Å². The van der Waals surface area contributed by atoms with Gasteiger partial charge in [-0.05, 0) is 25.0 Å². The third kappa shape index (κ3) is 3.33. The van der Waals surface area contributed by atoms with Crippen molar-refractivity contribution in [1.82, 2.24) is 9.71 Å². The van der Waals surface area contributed by atoms with Crippen molar-refractivity contribution >= 4 is 27.1 Å².